The standard InChI is InChI=1S/C17H20N3O2/c1-3-22-12-8-9-20(10-12)16-13-6-4-5-7-14(13)19-11(2)15(16)17(18)21/h4,6-7,12H,3,8-10H2,1-2H3,(H2,18,21). The largest absolute Gasteiger partial charge is 0.377 e. The zero-order chi connectivity index (χ0) is 15.7. The highest BCUT2D eigenvalue weighted by atomic mass is 16.5. The van der Waals surface area contributed by atoms with Crippen LogP contribution in [-0.4, -0.2) is 36.7 Å². The first-order chi connectivity index (χ1) is 10.6. The number of aromatic nitrogens is 1. The molecule has 1 aromatic carbocycles. The molecule has 2 N–H and O–H groups in total. The fourth-order valence-electron chi connectivity index (χ4n) is 3.18. The van der Waals surface area contributed by atoms with Crippen molar-refractivity contribution >= 4 is 22.5 Å². The average molecular weight is 298 g/mol. The maximum atomic E-state index is 12.0. The van der Waals surface area contributed by atoms with E-state index in [9.17, 15) is 4.79 Å². The third-order valence-corrected chi connectivity index (χ3v) is 4.09. The van der Waals surface area contributed by atoms with Crippen molar-refractivity contribution in [2.75, 3.05) is 24.6 Å². The van der Waals surface area contributed by atoms with E-state index in [1.165, 1.54) is 0 Å². The number of benzene rings is 1. The summed E-state index contributed by atoms with van der Waals surface area (Å²) in [4.78, 5) is 18.7. The van der Waals surface area contributed by atoms with Gasteiger partial charge >= 0.3 is 0 Å². The summed E-state index contributed by atoms with van der Waals surface area (Å²) >= 11 is 0. The summed E-state index contributed by atoms with van der Waals surface area (Å²) in [5, 5.41) is 0.940. The van der Waals surface area contributed by atoms with Gasteiger partial charge in [0, 0.05) is 25.1 Å². The number of nitrogens with two attached hydrogens (primary N) is 1. The van der Waals surface area contributed by atoms with Gasteiger partial charge in [0.2, 0.25) is 0 Å². The number of aryl methyl sites for hydroxylation is 1. The van der Waals surface area contributed by atoms with Crippen LogP contribution in [0.15, 0.2) is 18.2 Å². The molecular formula is C17H20N3O2. The molecule has 0 saturated carbocycles. The van der Waals surface area contributed by atoms with Crippen molar-refractivity contribution in [1.29, 1.82) is 0 Å². The topological polar surface area (TPSA) is 68.5 Å². The monoisotopic (exact) mass is 298 g/mol. The lowest BCUT2D eigenvalue weighted by atomic mass is 10.0. The van der Waals surface area contributed by atoms with Gasteiger partial charge in [-0.05, 0) is 32.4 Å². The summed E-state index contributed by atoms with van der Waals surface area (Å²) in [7, 11) is 0. The molecule has 5 heteroatoms. The molecule has 0 bridgehead atoms. The Hall–Kier alpha value is -2.14. The second-order valence-electron chi connectivity index (χ2n) is 5.54. The second-order valence-corrected chi connectivity index (χ2v) is 5.54. The summed E-state index contributed by atoms with van der Waals surface area (Å²) in [6.45, 7) is 6.14. The summed E-state index contributed by atoms with van der Waals surface area (Å²) in [5.74, 6) is -0.436. The van der Waals surface area contributed by atoms with E-state index in [0.29, 0.717) is 17.9 Å². The Morgan fingerprint density at radius 1 is 1.59 bits per heavy atom. The number of hydrogen-bond acceptors (Lipinski definition) is 4. The van der Waals surface area contributed by atoms with Gasteiger partial charge in [0.25, 0.3) is 5.91 Å². The molecule has 1 amide bonds. The molecule has 1 atom stereocenters. The molecule has 1 aromatic heterocycles. The van der Waals surface area contributed by atoms with E-state index < -0.39 is 5.91 Å². The molecule has 1 fully saturated rings. The highest BCUT2D eigenvalue weighted by Gasteiger charge is 2.28. The van der Waals surface area contributed by atoms with Crippen LogP contribution in [0.3, 0.4) is 0 Å². The van der Waals surface area contributed by atoms with Gasteiger partial charge in [-0.3, -0.25) is 9.78 Å². The number of pyridine rings is 1. The van der Waals surface area contributed by atoms with E-state index in [0.717, 1.165) is 36.1 Å². The van der Waals surface area contributed by atoms with Crippen molar-refractivity contribution in [3.8, 4) is 0 Å². The van der Waals surface area contributed by atoms with Crippen molar-refractivity contribution in [3.63, 3.8) is 0 Å². The van der Waals surface area contributed by atoms with E-state index in [4.69, 9.17) is 10.5 Å². The molecule has 2 aromatic rings. The lowest BCUT2D eigenvalue weighted by Gasteiger charge is -2.24. The Morgan fingerprint density at radius 3 is 3.14 bits per heavy atom. The summed E-state index contributed by atoms with van der Waals surface area (Å²) in [5.41, 5.74) is 8.51. The molecule has 1 aliphatic rings. The van der Waals surface area contributed by atoms with Gasteiger partial charge in [0.1, 0.15) is 0 Å². The van der Waals surface area contributed by atoms with Crippen LogP contribution in [0.5, 0.6) is 0 Å². The molecule has 115 valence electrons. The van der Waals surface area contributed by atoms with Crippen LogP contribution in [0.2, 0.25) is 0 Å². The van der Waals surface area contributed by atoms with E-state index in [1.54, 1.807) is 0 Å². The van der Waals surface area contributed by atoms with Gasteiger partial charge in [-0.1, -0.05) is 12.1 Å². The van der Waals surface area contributed by atoms with Crippen LogP contribution in [-0.2, 0) is 4.74 Å². The van der Waals surface area contributed by atoms with Gasteiger partial charge in [-0.15, -0.1) is 0 Å². The molecule has 1 radical (unpaired) electrons. The summed E-state index contributed by atoms with van der Waals surface area (Å²) in [6, 6.07) is 8.66. The third kappa shape index (κ3) is 2.52. The van der Waals surface area contributed by atoms with E-state index in [-0.39, 0.29) is 6.10 Å². The molecule has 1 saturated heterocycles. The number of amides is 1. The molecule has 5 nitrogen and oxygen atoms in total. The maximum absolute atomic E-state index is 12.0. The highest BCUT2D eigenvalue weighted by Crippen LogP contribution is 2.34. The SMILES string of the molecule is CCOC1CCN(c2c(C(N)=O)c(C)nc3c[c]ccc23)C1. The number of fused-ring (bicyclic) bond motifs is 1. The zero-order valence-electron chi connectivity index (χ0n) is 12.9. The Morgan fingerprint density at radius 2 is 2.41 bits per heavy atom. The molecule has 3 rings (SSSR count). The molecule has 2 heterocycles. The highest BCUT2D eigenvalue weighted by molar-refractivity contribution is 6.08. The number of hydrogen-bond donors (Lipinski definition) is 1. The van der Waals surface area contributed by atoms with Gasteiger partial charge in [0.15, 0.2) is 0 Å². The molecule has 1 unspecified atom stereocenters. The van der Waals surface area contributed by atoms with Gasteiger partial charge in [-0.25, -0.2) is 0 Å². The quantitative estimate of drug-likeness (QED) is 0.938. The van der Waals surface area contributed by atoms with E-state index in [1.807, 2.05) is 32.0 Å². The minimum absolute atomic E-state index is 0.199. The van der Waals surface area contributed by atoms with Gasteiger partial charge < -0.3 is 15.4 Å². The van der Waals surface area contributed by atoms with Crippen molar-refractivity contribution in [1.82, 2.24) is 4.98 Å². The molecule has 0 spiro atoms. The van der Waals surface area contributed by atoms with Crippen LogP contribution >= 0.6 is 0 Å². The number of primary amides is 1. The molecule has 22 heavy (non-hydrogen) atoms. The van der Waals surface area contributed by atoms with Crippen molar-refractivity contribution in [2.24, 2.45) is 5.73 Å². The molecular weight excluding hydrogens is 278 g/mol. The van der Waals surface area contributed by atoms with Crippen LogP contribution in [0, 0.1) is 13.0 Å². The Labute approximate surface area is 130 Å². The van der Waals surface area contributed by atoms with E-state index >= 15 is 0 Å². The lowest BCUT2D eigenvalue weighted by molar-refractivity contribution is 0.0787. The zero-order valence-corrected chi connectivity index (χ0v) is 12.9. The fourth-order valence-corrected chi connectivity index (χ4v) is 3.18. The van der Waals surface area contributed by atoms with Crippen LogP contribution in [0.1, 0.15) is 29.4 Å². The first-order valence-electron chi connectivity index (χ1n) is 7.58. The van der Waals surface area contributed by atoms with E-state index in [2.05, 4.69) is 16.0 Å². The number of anilines is 1. The number of ether oxygens (including phenoxy) is 1. The molecule has 1 aliphatic heterocycles. The van der Waals surface area contributed by atoms with Crippen LogP contribution < -0.4 is 10.6 Å². The predicted molar refractivity (Wildman–Crippen MR) is 86.1 cm³/mol. The number of nitrogens with zero attached hydrogens (tertiary/aromatic N) is 2. The summed E-state index contributed by atoms with van der Waals surface area (Å²) < 4.78 is 5.72. The number of carbonyl (C=O) groups excluding carboxylic acids is 1. The minimum Gasteiger partial charge on any atom is -0.377 e. The Kier molecular flexibility index (Phi) is 3.98. The first-order valence-corrected chi connectivity index (χ1v) is 7.58. The van der Waals surface area contributed by atoms with Crippen molar-refractivity contribution < 1.29 is 9.53 Å². The number of carbonyl (C=O) groups is 1. The number of rotatable bonds is 4. The second kappa shape index (κ2) is 5.93. The van der Waals surface area contributed by atoms with Crippen LogP contribution in [0.4, 0.5) is 5.69 Å². The Balaban J connectivity index is 2.14. The van der Waals surface area contributed by atoms with Gasteiger partial charge in [-0.2, -0.15) is 0 Å². The lowest BCUT2D eigenvalue weighted by Crippen LogP contribution is -2.27. The first kappa shape index (κ1) is 14.8. The van der Waals surface area contributed by atoms with Crippen molar-refractivity contribution in [2.45, 2.75) is 26.4 Å². The smallest absolute Gasteiger partial charge is 0.252 e. The minimum atomic E-state index is -0.436. The normalized spacial score (nSPS) is 18.1. The molecule has 0 aliphatic carbocycles. The maximum Gasteiger partial charge on any atom is 0.252 e. The van der Waals surface area contributed by atoms with Crippen LogP contribution in [0.25, 0.3) is 10.9 Å². The summed E-state index contributed by atoms with van der Waals surface area (Å²) in [6.07, 6.45) is 1.15. The fraction of sp³-hybridized carbons (Fsp3) is 0.412. The average Bonchev–Trinajstić information content (AvgIpc) is 2.94. The predicted octanol–water partition coefficient (Wildman–Crippen LogP) is 2.06. The third-order valence-electron chi connectivity index (χ3n) is 4.09. The van der Waals surface area contributed by atoms with Crippen molar-refractivity contribution in [3.05, 3.63) is 35.5 Å². The Bertz CT molecular complexity index is 714. The van der Waals surface area contributed by atoms with Gasteiger partial charge in [0.05, 0.1) is 28.6 Å².